The van der Waals surface area contributed by atoms with E-state index in [9.17, 15) is 9.18 Å². The molecule has 1 aromatic carbocycles. The Morgan fingerprint density at radius 2 is 2.33 bits per heavy atom. The van der Waals surface area contributed by atoms with Crippen molar-refractivity contribution in [2.75, 3.05) is 25.1 Å². The Morgan fingerprint density at radius 1 is 1.50 bits per heavy atom. The van der Waals surface area contributed by atoms with Crippen LogP contribution in [0.25, 0.3) is 0 Å². The Hall–Kier alpha value is -1.46. The topological polar surface area (TPSA) is 50.4 Å². The van der Waals surface area contributed by atoms with Gasteiger partial charge in [-0.25, -0.2) is 4.39 Å². The van der Waals surface area contributed by atoms with Gasteiger partial charge >= 0.3 is 0 Å². The predicted octanol–water partition coefficient (Wildman–Crippen LogP) is 1.53. The summed E-state index contributed by atoms with van der Waals surface area (Å²) in [5.74, 6) is -0.776. The second kappa shape index (κ2) is 6.47. The van der Waals surface area contributed by atoms with Crippen LogP contribution in [0.1, 0.15) is 12.8 Å². The van der Waals surface area contributed by atoms with Crippen molar-refractivity contribution >= 4 is 11.6 Å². The molecule has 5 heteroatoms. The SMILES string of the molecule is O=C(COCC1CCCN1)Nc1ccccc1F. The van der Waals surface area contributed by atoms with Crippen molar-refractivity contribution in [1.29, 1.82) is 0 Å². The maximum Gasteiger partial charge on any atom is 0.250 e. The van der Waals surface area contributed by atoms with Crippen LogP contribution in [0.5, 0.6) is 0 Å². The number of rotatable bonds is 5. The first-order valence-corrected chi connectivity index (χ1v) is 6.11. The highest BCUT2D eigenvalue weighted by molar-refractivity contribution is 5.91. The summed E-state index contributed by atoms with van der Waals surface area (Å²) in [7, 11) is 0. The summed E-state index contributed by atoms with van der Waals surface area (Å²) in [6.45, 7) is 1.48. The molecule has 0 saturated carbocycles. The molecule has 0 spiro atoms. The van der Waals surface area contributed by atoms with Crippen molar-refractivity contribution in [3.63, 3.8) is 0 Å². The third kappa shape index (κ3) is 3.78. The minimum absolute atomic E-state index is 0.0491. The molecule has 4 nitrogen and oxygen atoms in total. The minimum atomic E-state index is -0.441. The number of carbonyl (C=O) groups excluding carboxylic acids is 1. The quantitative estimate of drug-likeness (QED) is 0.835. The molecule has 1 unspecified atom stereocenters. The molecule has 1 fully saturated rings. The number of ether oxygens (including phenoxy) is 1. The van der Waals surface area contributed by atoms with Gasteiger partial charge in [-0.15, -0.1) is 0 Å². The van der Waals surface area contributed by atoms with E-state index in [0.717, 1.165) is 19.4 Å². The van der Waals surface area contributed by atoms with Crippen LogP contribution < -0.4 is 10.6 Å². The summed E-state index contributed by atoms with van der Waals surface area (Å²) < 4.78 is 18.5. The van der Waals surface area contributed by atoms with E-state index in [1.165, 1.54) is 12.1 Å². The number of carbonyl (C=O) groups is 1. The summed E-state index contributed by atoms with van der Waals surface area (Å²) in [5, 5.41) is 5.75. The Labute approximate surface area is 106 Å². The van der Waals surface area contributed by atoms with E-state index < -0.39 is 5.82 Å². The van der Waals surface area contributed by atoms with Crippen LogP contribution in [-0.2, 0) is 9.53 Å². The van der Waals surface area contributed by atoms with Crippen molar-refractivity contribution < 1.29 is 13.9 Å². The second-order valence-electron chi connectivity index (χ2n) is 4.34. The zero-order valence-electron chi connectivity index (χ0n) is 10.1. The summed E-state index contributed by atoms with van der Waals surface area (Å²) in [4.78, 5) is 11.5. The van der Waals surface area contributed by atoms with Gasteiger partial charge in [-0.2, -0.15) is 0 Å². The van der Waals surface area contributed by atoms with Crippen LogP contribution in [0.3, 0.4) is 0 Å². The molecule has 1 atom stereocenters. The Balaban J connectivity index is 1.70. The lowest BCUT2D eigenvalue weighted by Crippen LogP contribution is -2.29. The maximum absolute atomic E-state index is 13.3. The first kappa shape index (κ1) is 13.0. The zero-order chi connectivity index (χ0) is 12.8. The third-order valence-corrected chi connectivity index (χ3v) is 2.86. The maximum atomic E-state index is 13.3. The van der Waals surface area contributed by atoms with Gasteiger partial charge in [0.1, 0.15) is 12.4 Å². The number of anilines is 1. The first-order chi connectivity index (χ1) is 8.75. The van der Waals surface area contributed by atoms with Gasteiger partial charge in [0, 0.05) is 6.04 Å². The third-order valence-electron chi connectivity index (χ3n) is 2.86. The number of amides is 1. The number of halogens is 1. The highest BCUT2D eigenvalue weighted by atomic mass is 19.1. The van der Waals surface area contributed by atoms with Gasteiger partial charge in [0.25, 0.3) is 0 Å². The Morgan fingerprint density at radius 3 is 3.06 bits per heavy atom. The minimum Gasteiger partial charge on any atom is -0.370 e. The molecule has 0 radical (unpaired) electrons. The van der Waals surface area contributed by atoms with Crippen molar-refractivity contribution in [1.82, 2.24) is 5.32 Å². The monoisotopic (exact) mass is 252 g/mol. The van der Waals surface area contributed by atoms with Crippen LogP contribution in [0.2, 0.25) is 0 Å². The summed E-state index contributed by atoms with van der Waals surface area (Å²) in [6.07, 6.45) is 2.23. The van der Waals surface area contributed by atoms with Crippen LogP contribution in [-0.4, -0.2) is 31.7 Å². The second-order valence-corrected chi connectivity index (χ2v) is 4.34. The van der Waals surface area contributed by atoms with E-state index in [0.29, 0.717) is 12.6 Å². The first-order valence-electron chi connectivity index (χ1n) is 6.11. The van der Waals surface area contributed by atoms with Crippen LogP contribution in [0.4, 0.5) is 10.1 Å². The standard InChI is InChI=1S/C13H17FN2O2/c14-11-5-1-2-6-12(11)16-13(17)9-18-8-10-4-3-7-15-10/h1-2,5-6,10,15H,3-4,7-9H2,(H,16,17). The lowest BCUT2D eigenvalue weighted by atomic mass is 10.2. The Bertz CT molecular complexity index is 406. The molecule has 18 heavy (non-hydrogen) atoms. The number of nitrogens with one attached hydrogen (secondary N) is 2. The number of hydrogen-bond donors (Lipinski definition) is 2. The van der Waals surface area contributed by atoms with Crippen molar-refractivity contribution in [2.24, 2.45) is 0 Å². The van der Waals surface area contributed by atoms with Gasteiger partial charge in [-0.3, -0.25) is 4.79 Å². The van der Waals surface area contributed by atoms with E-state index in [4.69, 9.17) is 4.74 Å². The molecule has 0 aliphatic carbocycles. The molecule has 1 heterocycles. The normalized spacial score (nSPS) is 18.8. The van der Waals surface area contributed by atoms with Gasteiger partial charge in [-0.05, 0) is 31.5 Å². The van der Waals surface area contributed by atoms with Gasteiger partial charge < -0.3 is 15.4 Å². The van der Waals surface area contributed by atoms with Crippen molar-refractivity contribution in [3.8, 4) is 0 Å². The average Bonchev–Trinajstić information content (AvgIpc) is 2.85. The number of para-hydroxylation sites is 1. The van der Waals surface area contributed by atoms with Gasteiger partial charge in [-0.1, -0.05) is 12.1 Å². The molecule has 2 N–H and O–H groups in total. The van der Waals surface area contributed by atoms with Crippen molar-refractivity contribution in [3.05, 3.63) is 30.1 Å². The molecule has 0 aromatic heterocycles. The molecule has 1 aliphatic rings. The van der Waals surface area contributed by atoms with Crippen LogP contribution in [0, 0.1) is 5.82 Å². The molecule has 1 aromatic rings. The fraction of sp³-hybridized carbons (Fsp3) is 0.462. The highest BCUT2D eigenvalue weighted by Gasteiger charge is 2.14. The van der Waals surface area contributed by atoms with Crippen LogP contribution >= 0.6 is 0 Å². The molecule has 1 amide bonds. The number of benzene rings is 1. The zero-order valence-corrected chi connectivity index (χ0v) is 10.1. The van der Waals surface area contributed by atoms with E-state index >= 15 is 0 Å². The van der Waals surface area contributed by atoms with E-state index in [1.807, 2.05) is 0 Å². The fourth-order valence-corrected chi connectivity index (χ4v) is 1.94. The molecule has 2 rings (SSSR count). The van der Waals surface area contributed by atoms with E-state index in [1.54, 1.807) is 12.1 Å². The molecule has 1 aliphatic heterocycles. The van der Waals surface area contributed by atoms with E-state index in [2.05, 4.69) is 10.6 Å². The predicted molar refractivity (Wildman–Crippen MR) is 66.9 cm³/mol. The van der Waals surface area contributed by atoms with Gasteiger partial charge in [0.2, 0.25) is 5.91 Å². The van der Waals surface area contributed by atoms with Gasteiger partial charge in [0.15, 0.2) is 0 Å². The molecular weight excluding hydrogens is 235 g/mol. The molecule has 98 valence electrons. The highest BCUT2D eigenvalue weighted by Crippen LogP contribution is 2.12. The largest absolute Gasteiger partial charge is 0.370 e. The van der Waals surface area contributed by atoms with E-state index in [-0.39, 0.29) is 18.2 Å². The lowest BCUT2D eigenvalue weighted by molar-refractivity contribution is -0.120. The Kier molecular flexibility index (Phi) is 4.66. The summed E-state index contributed by atoms with van der Waals surface area (Å²) >= 11 is 0. The smallest absolute Gasteiger partial charge is 0.250 e. The lowest BCUT2D eigenvalue weighted by Gasteiger charge is -2.11. The fourth-order valence-electron chi connectivity index (χ4n) is 1.94. The van der Waals surface area contributed by atoms with Crippen LogP contribution in [0.15, 0.2) is 24.3 Å². The molecule has 0 bridgehead atoms. The van der Waals surface area contributed by atoms with Crippen molar-refractivity contribution in [2.45, 2.75) is 18.9 Å². The van der Waals surface area contributed by atoms with Gasteiger partial charge in [0.05, 0.1) is 12.3 Å². The molecular formula is C13H17FN2O2. The average molecular weight is 252 g/mol. The summed E-state index contributed by atoms with van der Waals surface area (Å²) in [5.41, 5.74) is 0.185. The number of hydrogen-bond acceptors (Lipinski definition) is 3. The molecule has 1 saturated heterocycles. The summed E-state index contributed by atoms with van der Waals surface area (Å²) in [6, 6.07) is 6.41.